The third-order valence-corrected chi connectivity index (χ3v) is 7.58. The van der Waals surface area contributed by atoms with Gasteiger partial charge in [-0.15, -0.1) is 0 Å². The van der Waals surface area contributed by atoms with E-state index >= 15 is 0 Å². The van der Waals surface area contributed by atoms with Crippen LogP contribution in [0.3, 0.4) is 0 Å². The molecule has 156 valence electrons. The first-order valence-electron chi connectivity index (χ1n) is 9.75. The van der Waals surface area contributed by atoms with E-state index in [1.165, 1.54) is 22.0 Å². The van der Waals surface area contributed by atoms with E-state index in [0.717, 1.165) is 12.2 Å². The molecule has 0 bridgehead atoms. The van der Waals surface area contributed by atoms with Gasteiger partial charge in [0, 0.05) is 37.7 Å². The Hall–Kier alpha value is -2.38. The number of amides is 1. The van der Waals surface area contributed by atoms with E-state index in [9.17, 15) is 13.2 Å². The summed E-state index contributed by atoms with van der Waals surface area (Å²) in [5.41, 5.74) is 1.58. The van der Waals surface area contributed by atoms with E-state index in [4.69, 9.17) is 4.74 Å². The van der Waals surface area contributed by atoms with Crippen molar-refractivity contribution in [2.45, 2.75) is 37.1 Å². The van der Waals surface area contributed by atoms with Gasteiger partial charge < -0.3 is 9.64 Å². The minimum absolute atomic E-state index is 0.134. The topological polar surface area (TPSA) is 66.9 Å². The molecule has 0 N–H and O–H groups in total. The zero-order chi connectivity index (χ0) is 21.2. The second-order valence-corrected chi connectivity index (χ2v) is 9.65. The molecule has 1 amide bonds. The second kappa shape index (κ2) is 8.55. The molecule has 0 aromatic heterocycles. The monoisotopic (exact) mass is 416 g/mol. The molecule has 0 saturated carbocycles. The fraction of sp³-hybridized carbons (Fsp3) is 0.409. The standard InChI is InChI=1S/C22H28N2O4S/c1-16(2)23(3)29(26,27)21-7-5-6-18(14-21)22(25)24-13-12-19(15-24)17-8-10-20(28-4)11-9-17/h5-11,14,16,19H,12-13,15H2,1-4H3. The number of carbonyl (C=O) groups excluding carboxylic acids is 1. The zero-order valence-corrected chi connectivity index (χ0v) is 18.1. The molecule has 1 aliphatic heterocycles. The molecule has 7 heteroatoms. The average molecular weight is 417 g/mol. The van der Waals surface area contributed by atoms with Crippen LogP contribution in [0.5, 0.6) is 5.75 Å². The highest BCUT2D eigenvalue weighted by atomic mass is 32.2. The smallest absolute Gasteiger partial charge is 0.253 e. The molecule has 29 heavy (non-hydrogen) atoms. The molecule has 1 atom stereocenters. The minimum atomic E-state index is -3.63. The number of ether oxygens (including phenoxy) is 1. The first kappa shape index (κ1) is 21.3. The maximum atomic E-state index is 13.0. The number of hydrogen-bond acceptors (Lipinski definition) is 4. The first-order valence-corrected chi connectivity index (χ1v) is 11.2. The van der Waals surface area contributed by atoms with Gasteiger partial charge in [0.15, 0.2) is 0 Å². The van der Waals surface area contributed by atoms with Gasteiger partial charge in [-0.2, -0.15) is 4.31 Å². The van der Waals surface area contributed by atoms with Crippen LogP contribution in [0.4, 0.5) is 0 Å². The number of carbonyl (C=O) groups is 1. The Morgan fingerprint density at radius 1 is 1.17 bits per heavy atom. The number of benzene rings is 2. The lowest BCUT2D eigenvalue weighted by molar-refractivity contribution is 0.0790. The van der Waals surface area contributed by atoms with E-state index in [-0.39, 0.29) is 22.8 Å². The van der Waals surface area contributed by atoms with E-state index in [0.29, 0.717) is 18.7 Å². The van der Waals surface area contributed by atoms with Gasteiger partial charge in [0.25, 0.3) is 5.91 Å². The summed E-state index contributed by atoms with van der Waals surface area (Å²) in [5, 5.41) is 0. The molecular formula is C22H28N2O4S. The number of methoxy groups -OCH3 is 1. The maximum Gasteiger partial charge on any atom is 0.253 e. The summed E-state index contributed by atoms with van der Waals surface area (Å²) in [5.74, 6) is 0.943. The normalized spacial score (nSPS) is 17.2. The predicted octanol–water partition coefficient (Wildman–Crippen LogP) is 3.35. The van der Waals surface area contributed by atoms with Crippen molar-refractivity contribution in [1.29, 1.82) is 0 Å². The van der Waals surface area contributed by atoms with Gasteiger partial charge in [-0.3, -0.25) is 4.79 Å². The number of likely N-dealkylation sites (tertiary alicyclic amines) is 1. The Balaban J connectivity index is 1.76. The number of sulfonamides is 1. The van der Waals surface area contributed by atoms with Gasteiger partial charge in [-0.25, -0.2) is 8.42 Å². The van der Waals surface area contributed by atoms with Crippen LogP contribution in [0.25, 0.3) is 0 Å². The second-order valence-electron chi connectivity index (χ2n) is 7.65. The van der Waals surface area contributed by atoms with Crippen LogP contribution in [0.1, 0.15) is 42.1 Å². The Morgan fingerprint density at radius 2 is 1.86 bits per heavy atom. The van der Waals surface area contributed by atoms with E-state index < -0.39 is 10.0 Å². The third-order valence-electron chi connectivity index (χ3n) is 5.55. The molecular weight excluding hydrogens is 388 g/mol. The molecule has 1 unspecified atom stereocenters. The summed E-state index contributed by atoms with van der Waals surface area (Å²) in [4.78, 5) is 14.9. The Bertz CT molecular complexity index is 971. The van der Waals surface area contributed by atoms with Crippen LogP contribution >= 0.6 is 0 Å². The molecule has 1 fully saturated rings. The van der Waals surface area contributed by atoms with Gasteiger partial charge in [0.1, 0.15) is 5.75 Å². The van der Waals surface area contributed by atoms with Gasteiger partial charge in [-0.1, -0.05) is 18.2 Å². The molecule has 1 aliphatic rings. The Kier molecular flexibility index (Phi) is 6.29. The third kappa shape index (κ3) is 4.46. The summed E-state index contributed by atoms with van der Waals surface area (Å²) >= 11 is 0. The van der Waals surface area contributed by atoms with Crippen LogP contribution in [0.2, 0.25) is 0 Å². The number of rotatable bonds is 6. The van der Waals surface area contributed by atoms with Crippen LogP contribution < -0.4 is 4.74 Å². The van der Waals surface area contributed by atoms with Crippen molar-refractivity contribution >= 4 is 15.9 Å². The number of nitrogens with zero attached hydrogens (tertiary/aromatic N) is 2. The van der Waals surface area contributed by atoms with Crippen molar-refractivity contribution in [3.05, 3.63) is 59.7 Å². The first-order chi connectivity index (χ1) is 13.7. The summed E-state index contributed by atoms with van der Waals surface area (Å²) in [6.45, 7) is 4.90. The number of hydrogen-bond donors (Lipinski definition) is 0. The molecule has 0 aliphatic carbocycles. The predicted molar refractivity (Wildman–Crippen MR) is 113 cm³/mol. The summed E-state index contributed by atoms with van der Waals surface area (Å²) in [6.07, 6.45) is 0.881. The van der Waals surface area contributed by atoms with Crippen molar-refractivity contribution in [2.24, 2.45) is 0 Å². The van der Waals surface area contributed by atoms with Crippen LogP contribution in [-0.4, -0.2) is 56.8 Å². The summed E-state index contributed by atoms with van der Waals surface area (Å²) < 4.78 is 32.0. The van der Waals surface area contributed by atoms with Gasteiger partial charge >= 0.3 is 0 Å². The van der Waals surface area contributed by atoms with Crippen molar-refractivity contribution < 1.29 is 17.9 Å². The van der Waals surface area contributed by atoms with E-state index in [1.54, 1.807) is 31.2 Å². The largest absolute Gasteiger partial charge is 0.497 e. The van der Waals surface area contributed by atoms with Gasteiger partial charge in [0.2, 0.25) is 10.0 Å². The molecule has 0 spiro atoms. The van der Waals surface area contributed by atoms with Gasteiger partial charge in [0.05, 0.1) is 12.0 Å². The summed E-state index contributed by atoms with van der Waals surface area (Å²) in [7, 11) is -0.440. The Morgan fingerprint density at radius 3 is 2.48 bits per heavy atom. The highest BCUT2D eigenvalue weighted by Gasteiger charge is 2.29. The average Bonchev–Trinajstić information content (AvgIpc) is 3.23. The molecule has 2 aromatic carbocycles. The lowest BCUT2D eigenvalue weighted by Crippen LogP contribution is -2.33. The SMILES string of the molecule is COc1ccc(C2CCN(C(=O)c3cccc(S(=O)(=O)N(C)C(C)C)c3)C2)cc1. The summed E-state index contributed by atoms with van der Waals surface area (Å²) in [6, 6.07) is 14.1. The quantitative estimate of drug-likeness (QED) is 0.724. The van der Waals surface area contributed by atoms with Crippen LogP contribution in [0.15, 0.2) is 53.4 Å². The fourth-order valence-electron chi connectivity index (χ4n) is 3.51. The molecule has 2 aromatic rings. The Labute approximate surface area is 173 Å². The lowest BCUT2D eigenvalue weighted by Gasteiger charge is -2.22. The van der Waals surface area contributed by atoms with Gasteiger partial charge in [-0.05, 0) is 56.2 Å². The lowest BCUT2D eigenvalue weighted by atomic mass is 9.98. The maximum absolute atomic E-state index is 13.0. The van der Waals surface area contributed by atoms with Crippen molar-refractivity contribution in [1.82, 2.24) is 9.21 Å². The highest BCUT2D eigenvalue weighted by molar-refractivity contribution is 7.89. The highest BCUT2D eigenvalue weighted by Crippen LogP contribution is 2.29. The molecule has 0 radical (unpaired) electrons. The molecule has 6 nitrogen and oxygen atoms in total. The zero-order valence-electron chi connectivity index (χ0n) is 17.3. The molecule has 1 heterocycles. The van der Waals surface area contributed by atoms with Crippen molar-refractivity contribution in [3.8, 4) is 5.75 Å². The fourth-order valence-corrected chi connectivity index (χ4v) is 4.92. The van der Waals surface area contributed by atoms with E-state index in [1.807, 2.05) is 38.1 Å². The molecule has 3 rings (SSSR count). The van der Waals surface area contributed by atoms with Crippen LogP contribution in [-0.2, 0) is 10.0 Å². The molecule has 1 saturated heterocycles. The van der Waals surface area contributed by atoms with E-state index in [2.05, 4.69) is 0 Å². The van der Waals surface area contributed by atoms with Crippen molar-refractivity contribution in [3.63, 3.8) is 0 Å². The minimum Gasteiger partial charge on any atom is -0.497 e. The van der Waals surface area contributed by atoms with Crippen molar-refractivity contribution in [2.75, 3.05) is 27.2 Å². The van der Waals surface area contributed by atoms with Crippen LogP contribution in [0, 0.1) is 0 Å².